The van der Waals surface area contributed by atoms with Crippen LogP contribution in [0.2, 0.25) is 0 Å². The Morgan fingerprint density at radius 1 is 1.69 bits per heavy atom. The number of rotatable bonds is 5. The van der Waals surface area contributed by atoms with Gasteiger partial charge in [-0.25, -0.2) is 0 Å². The van der Waals surface area contributed by atoms with Crippen molar-refractivity contribution in [3.05, 3.63) is 12.4 Å². The maximum absolute atomic E-state index is 11.4. The van der Waals surface area contributed by atoms with E-state index in [4.69, 9.17) is 10.5 Å². The SMILES string of the molecule is COC(C)C(=O)Nc1cnn(CC(N)=O)c1. The van der Waals surface area contributed by atoms with E-state index in [0.717, 1.165) is 0 Å². The van der Waals surface area contributed by atoms with Crippen LogP contribution >= 0.6 is 0 Å². The van der Waals surface area contributed by atoms with Crippen LogP contribution in [0.25, 0.3) is 0 Å². The lowest BCUT2D eigenvalue weighted by Gasteiger charge is -2.08. The highest BCUT2D eigenvalue weighted by atomic mass is 16.5. The van der Waals surface area contributed by atoms with Crippen LogP contribution in [0.15, 0.2) is 12.4 Å². The molecule has 2 amide bonds. The number of methoxy groups -OCH3 is 1. The Bertz CT molecular complexity index is 388. The summed E-state index contributed by atoms with van der Waals surface area (Å²) < 4.78 is 6.18. The van der Waals surface area contributed by atoms with E-state index in [0.29, 0.717) is 5.69 Å². The first-order chi connectivity index (χ1) is 7.52. The molecule has 0 aliphatic heterocycles. The van der Waals surface area contributed by atoms with Crippen molar-refractivity contribution in [2.24, 2.45) is 5.73 Å². The minimum atomic E-state index is -0.542. The minimum absolute atomic E-state index is 0.0182. The van der Waals surface area contributed by atoms with Gasteiger partial charge in [0.2, 0.25) is 5.91 Å². The molecule has 1 aromatic rings. The Morgan fingerprint density at radius 3 is 2.94 bits per heavy atom. The van der Waals surface area contributed by atoms with E-state index in [-0.39, 0.29) is 12.5 Å². The fourth-order valence-corrected chi connectivity index (χ4v) is 1.03. The van der Waals surface area contributed by atoms with Gasteiger partial charge in [-0.15, -0.1) is 0 Å². The second-order valence-electron chi connectivity index (χ2n) is 3.26. The molecule has 16 heavy (non-hydrogen) atoms. The molecule has 1 aromatic heterocycles. The fourth-order valence-electron chi connectivity index (χ4n) is 1.03. The number of ether oxygens (including phenoxy) is 1. The molecule has 0 aliphatic rings. The van der Waals surface area contributed by atoms with Gasteiger partial charge >= 0.3 is 0 Å². The van der Waals surface area contributed by atoms with Gasteiger partial charge in [-0.3, -0.25) is 14.3 Å². The van der Waals surface area contributed by atoms with Crippen molar-refractivity contribution < 1.29 is 14.3 Å². The van der Waals surface area contributed by atoms with Crippen LogP contribution in [-0.4, -0.2) is 34.8 Å². The van der Waals surface area contributed by atoms with Gasteiger partial charge in [0, 0.05) is 13.3 Å². The van der Waals surface area contributed by atoms with Crippen molar-refractivity contribution in [1.29, 1.82) is 0 Å². The second kappa shape index (κ2) is 5.26. The predicted molar refractivity (Wildman–Crippen MR) is 56.5 cm³/mol. The van der Waals surface area contributed by atoms with Gasteiger partial charge in [-0.1, -0.05) is 0 Å². The molecule has 0 aromatic carbocycles. The van der Waals surface area contributed by atoms with Crippen LogP contribution in [0.4, 0.5) is 5.69 Å². The van der Waals surface area contributed by atoms with Gasteiger partial charge in [-0.2, -0.15) is 5.10 Å². The quantitative estimate of drug-likeness (QED) is 0.696. The Hall–Kier alpha value is -1.89. The van der Waals surface area contributed by atoms with Crippen molar-refractivity contribution >= 4 is 17.5 Å². The van der Waals surface area contributed by atoms with E-state index < -0.39 is 12.0 Å². The monoisotopic (exact) mass is 226 g/mol. The van der Waals surface area contributed by atoms with Crippen LogP contribution < -0.4 is 11.1 Å². The topological polar surface area (TPSA) is 99.2 Å². The standard InChI is InChI=1S/C9H14N4O3/c1-6(16-2)9(15)12-7-3-11-13(4-7)5-8(10)14/h3-4,6H,5H2,1-2H3,(H2,10,14)(H,12,15). The number of aromatic nitrogens is 2. The fraction of sp³-hybridized carbons (Fsp3) is 0.444. The molecule has 0 spiro atoms. The van der Waals surface area contributed by atoms with Crippen molar-refractivity contribution in [2.75, 3.05) is 12.4 Å². The number of carbonyl (C=O) groups is 2. The number of nitrogens with one attached hydrogen (secondary N) is 1. The van der Waals surface area contributed by atoms with Crippen LogP contribution in [0, 0.1) is 0 Å². The van der Waals surface area contributed by atoms with Crippen molar-refractivity contribution in [3.63, 3.8) is 0 Å². The average molecular weight is 226 g/mol. The zero-order valence-electron chi connectivity index (χ0n) is 9.14. The Balaban J connectivity index is 2.58. The summed E-state index contributed by atoms with van der Waals surface area (Å²) in [4.78, 5) is 22.0. The Labute approximate surface area is 92.6 Å². The summed E-state index contributed by atoms with van der Waals surface area (Å²) in [6.45, 7) is 1.61. The van der Waals surface area contributed by atoms with Crippen LogP contribution in [0.1, 0.15) is 6.92 Å². The predicted octanol–water partition coefficient (Wildman–Crippen LogP) is -0.658. The molecule has 0 saturated carbocycles. The first kappa shape index (κ1) is 12.2. The number of hydrogen-bond donors (Lipinski definition) is 2. The molecule has 1 atom stereocenters. The number of primary amides is 1. The highest BCUT2D eigenvalue weighted by Crippen LogP contribution is 2.05. The summed E-state index contributed by atoms with van der Waals surface area (Å²) >= 11 is 0. The molecule has 1 rings (SSSR count). The number of anilines is 1. The summed E-state index contributed by atoms with van der Waals surface area (Å²) in [5, 5.41) is 6.44. The first-order valence-electron chi connectivity index (χ1n) is 4.67. The Morgan fingerprint density at radius 2 is 2.38 bits per heavy atom. The first-order valence-corrected chi connectivity index (χ1v) is 4.67. The molecule has 3 N–H and O–H groups in total. The number of nitrogens with zero attached hydrogens (tertiary/aromatic N) is 2. The molecule has 7 heteroatoms. The third-order valence-electron chi connectivity index (χ3n) is 1.94. The van der Waals surface area contributed by atoms with Crippen molar-refractivity contribution in [2.45, 2.75) is 19.6 Å². The summed E-state index contributed by atoms with van der Waals surface area (Å²) in [7, 11) is 1.45. The number of carbonyl (C=O) groups excluding carboxylic acids is 2. The third-order valence-corrected chi connectivity index (χ3v) is 1.94. The van der Waals surface area contributed by atoms with Gasteiger partial charge in [0.1, 0.15) is 12.6 Å². The van der Waals surface area contributed by atoms with Crippen molar-refractivity contribution in [3.8, 4) is 0 Å². The molecule has 1 heterocycles. The number of hydrogen-bond acceptors (Lipinski definition) is 4. The van der Waals surface area contributed by atoms with Gasteiger partial charge < -0.3 is 15.8 Å². The summed E-state index contributed by atoms with van der Waals surface area (Å²) in [6, 6.07) is 0. The number of nitrogens with two attached hydrogens (primary N) is 1. The molecule has 0 saturated heterocycles. The van der Waals surface area contributed by atoms with E-state index in [1.165, 1.54) is 24.2 Å². The maximum Gasteiger partial charge on any atom is 0.253 e. The maximum atomic E-state index is 11.4. The van der Waals surface area contributed by atoms with Gasteiger partial charge in [-0.05, 0) is 6.92 Å². The van der Waals surface area contributed by atoms with Crippen LogP contribution in [0.3, 0.4) is 0 Å². The lowest BCUT2D eigenvalue weighted by molar-refractivity contribution is -0.124. The molecule has 0 radical (unpaired) electrons. The van der Waals surface area contributed by atoms with E-state index in [1.807, 2.05) is 0 Å². The number of amides is 2. The zero-order valence-corrected chi connectivity index (χ0v) is 9.14. The van der Waals surface area contributed by atoms with Crippen LogP contribution in [0.5, 0.6) is 0 Å². The van der Waals surface area contributed by atoms with E-state index in [2.05, 4.69) is 10.4 Å². The molecule has 7 nitrogen and oxygen atoms in total. The highest BCUT2D eigenvalue weighted by molar-refractivity contribution is 5.93. The zero-order chi connectivity index (χ0) is 12.1. The van der Waals surface area contributed by atoms with Gasteiger partial charge in [0.05, 0.1) is 11.9 Å². The smallest absolute Gasteiger partial charge is 0.253 e. The average Bonchev–Trinajstić information content (AvgIpc) is 2.63. The largest absolute Gasteiger partial charge is 0.372 e. The van der Waals surface area contributed by atoms with E-state index in [9.17, 15) is 9.59 Å². The molecule has 0 aliphatic carbocycles. The molecular weight excluding hydrogens is 212 g/mol. The van der Waals surface area contributed by atoms with E-state index in [1.54, 1.807) is 6.92 Å². The molecule has 1 unspecified atom stereocenters. The normalized spacial score (nSPS) is 12.1. The second-order valence-corrected chi connectivity index (χ2v) is 3.26. The highest BCUT2D eigenvalue weighted by Gasteiger charge is 2.12. The molecule has 0 fully saturated rings. The third kappa shape index (κ3) is 3.35. The van der Waals surface area contributed by atoms with E-state index >= 15 is 0 Å². The van der Waals surface area contributed by atoms with Crippen molar-refractivity contribution in [1.82, 2.24) is 9.78 Å². The van der Waals surface area contributed by atoms with Gasteiger partial charge in [0.25, 0.3) is 5.91 Å². The summed E-state index contributed by atoms with van der Waals surface area (Å²) in [5.74, 6) is -0.771. The van der Waals surface area contributed by atoms with Gasteiger partial charge in [0.15, 0.2) is 0 Å². The molecule has 88 valence electrons. The molecule has 0 bridgehead atoms. The minimum Gasteiger partial charge on any atom is -0.372 e. The summed E-state index contributed by atoms with van der Waals surface area (Å²) in [6.07, 6.45) is 2.41. The summed E-state index contributed by atoms with van der Waals surface area (Å²) in [5.41, 5.74) is 5.49. The lowest BCUT2D eigenvalue weighted by Crippen LogP contribution is -2.26. The Kier molecular flexibility index (Phi) is 4.01. The lowest BCUT2D eigenvalue weighted by atomic mass is 10.3. The van der Waals surface area contributed by atoms with Crippen LogP contribution in [-0.2, 0) is 20.9 Å². The molecular formula is C9H14N4O3.